The van der Waals surface area contributed by atoms with E-state index < -0.39 is 41.4 Å². The second-order valence-corrected chi connectivity index (χ2v) is 6.08. The number of nitrogens with one attached hydrogen (secondary N) is 1. The van der Waals surface area contributed by atoms with Crippen LogP contribution >= 0.6 is 0 Å². The number of benzene rings is 1. The zero-order valence-electron chi connectivity index (χ0n) is 13.7. The van der Waals surface area contributed by atoms with Crippen molar-refractivity contribution in [3.8, 4) is 0 Å². The second-order valence-electron chi connectivity index (χ2n) is 6.08. The number of anilines is 1. The van der Waals surface area contributed by atoms with Crippen LogP contribution in [-0.2, 0) is 6.18 Å². The highest BCUT2D eigenvalue weighted by molar-refractivity contribution is 5.89. The Hall–Kier alpha value is -2.72. The molecule has 2 amide bonds. The van der Waals surface area contributed by atoms with E-state index in [4.69, 9.17) is 0 Å². The first-order valence-corrected chi connectivity index (χ1v) is 7.98. The van der Waals surface area contributed by atoms with Crippen LogP contribution in [0.2, 0.25) is 0 Å². The maximum Gasteiger partial charge on any atom is 0.433 e. The van der Waals surface area contributed by atoms with Crippen LogP contribution in [0.3, 0.4) is 0 Å². The Morgan fingerprint density at radius 2 is 1.85 bits per heavy atom. The van der Waals surface area contributed by atoms with Crippen LogP contribution in [0.25, 0.3) is 0 Å². The van der Waals surface area contributed by atoms with Crippen molar-refractivity contribution in [3.05, 3.63) is 47.5 Å². The van der Waals surface area contributed by atoms with Crippen molar-refractivity contribution < 1.29 is 31.1 Å². The smallest absolute Gasteiger partial charge is 0.322 e. The maximum atomic E-state index is 13.2. The van der Waals surface area contributed by atoms with Gasteiger partial charge in [-0.3, -0.25) is 4.68 Å². The van der Waals surface area contributed by atoms with E-state index in [0.29, 0.717) is 25.0 Å². The average Bonchev–Trinajstić information content (AvgIpc) is 3.10. The van der Waals surface area contributed by atoms with Gasteiger partial charge in [0.15, 0.2) is 17.5 Å². The molecule has 146 valence electrons. The summed E-state index contributed by atoms with van der Waals surface area (Å²) in [5.41, 5.74) is -1.22. The van der Waals surface area contributed by atoms with E-state index in [2.05, 4.69) is 10.4 Å². The summed E-state index contributed by atoms with van der Waals surface area (Å²) in [6.07, 6.45) is -2.74. The summed E-state index contributed by atoms with van der Waals surface area (Å²) < 4.78 is 79.4. The lowest BCUT2D eigenvalue weighted by molar-refractivity contribution is -0.145. The third kappa shape index (κ3) is 4.01. The van der Waals surface area contributed by atoms with Crippen LogP contribution in [0.5, 0.6) is 0 Å². The minimum absolute atomic E-state index is 0.0667. The van der Waals surface area contributed by atoms with Crippen molar-refractivity contribution in [3.63, 3.8) is 0 Å². The molecule has 11 heteroatoms. The van der Waals surface area contributed by atoms with Gasteiger partial charge in [-0.1, -0.05) is 0 Å². The van der Waals surface area contributed by atoms with Gasteiger partial charge in [0.05, 0.1) is 6.04 Å². The molecule has 0 bridgehead atoms. The topological polar surface area (TPSA) is 50.2 Å². The van der Waals surface area contributed by atoms with E-state index in [9.17, 15) is 31.1 Å². The lowest BCUT2D eigenvalue weighted by atomic mass is 10.1. The first-order chi connectivity index (χ1) is 12.7. The van der Waals surface area contributed by atoms with Crippen molar-refractivity contribution in [1.82, 2.24) is 14.7 Å². The summed E-state index contributed by atoms with van der Waals surface area (Å²) in [5, 5.41) is 5.93. The molecule has 1 aliphatic heterocycles. The summed E-state index contributed by atoms with van der Waals surface area (Å²) in [6.45, 7) is 0.180. The number of nitrogens with zero attached hydrogens (tertiary/aromatic N) is 3. The number of likely N-dealkylation sites (tertiary alicyclic amines) is 1. The van der Waals surface area contributed by atoms with E-state index >= 15 is 0 Å². The van der Waals surface area contributed by atoms with Gasteiger partial charge in [-0.2, -0.15) is 18.3 Å². The van der Waals surface area contributed by atoms with Gasteiger partial charge in [0.2, 0.25) is 0 Å². The quantitative estimate of drug-likeness (QED) is 0.616. The molecule has 2 aromatic rings. The third-order valence-electron chi connectivity index (χ3n) is 4.23. The van der Waals surface area contributed by atoms with E-state index in [1.54, 1.807) is 0 Å². The SMILES string of the molecule is O=C(Nc1cc(F)c(F)c(F)c1)N1CCC[C@@H](n2nccc2C(F)(F)F)C1. The molecule has 5 nitrogen and oxygen atoms in total. The fourth-order valence-electron chi connectivity index (χ4n) is 3.00. The number of rotatable bonds is 2. The molecule has 0 aliphatic carbocycles. The highest BCUT2D eigenvalue weighted by Gasteiger charge is 2.37. The lowest BCUT2D eigenvalue weighted by Crippen LogP contribution is -2.43. The summed E-state index contributed by atoms with van der Waals surface area (Å²) >= 11 is 0. The number of alkyl halides is 3. The number of urea groups is 1. The number of amides is 2. The number of carbonyl (C=O) groups excluding carboxylic acids is 1. The van der Waals surface area contributed by atoms with Gasteiger partial charge in [0.25, 0.3) is 0 Å². The van der Waals surface area contributed by atoms with Gasteiger partial charge >= 0.3 is 12.2 Å². The molecule has 0 saturated carbocycles. The van der Waals surface area contributed by atoms with E-state index in [1.807, 2.05) is 0 Å². The largest absolute Gasteiger partial charge is 0.433 e. The van der Waals surface area contributed by atoms with Crippen LogP contribution in [0.15, 0.2) is 24.4 Å². The Morgan fingerprint density at radius 1 is 1.19 bits per heavy atom. The van der Waals surface area contributed by atoms with E-state index in [1.165, 1.54) is 4.90 Å². The Balaban J connectivity index is 1.73. The minimum atomic E-state index is -4.58. The van der Waals surface area contributed by atoms with Crippen LogP contribution in [0.4, 0.5) is 36.8 Å². The molecule has 0 radical (unpaired) electrons. The first kappa shape index (κ1) is 19.1. The molecule has 1 N–H and O–H groups in total. The Labute approximate surface area is 149 Å². The summed E-state index contributed by atoms with van der Waals surface area (Å²) in [7, 11) is 0. The molecular weight excluding hydrogens is 378 g/mol. The highest BCUT2D eigenvalue weighted by atomic mass is 19.4. The number of hydrogen-bond donors (Lipinski definition) is 1. The number of piperidine rings is 1. The predicted octanol–water partition coefficient (Wildman–Crippen LogP) is 4.19. The molecule has 1 saturated heterocycles. The van der Waals surface area contributed by atoms with Gasteiger partial charge in [-0.15, -0.1) is 0 Å². The van der Waals surface area contributed by atoms with Gasteiger partial charge in [0, 0.05) is 37.1 Å². The predicted molar refractivity (Wildman–Crippen MR) is 82.4 cm³/mol. The molecule has 0 unspecified atom stereocenters. The van der Waals surface area contributed by atoms with Crippen molar-refractivity contribution in [1.29, 1.82) is 0 Å². The summed E-state index contributed by atoms with van der Waals surface area (Å²) in [5.74, 6) is -4.59. The molecular formula is C16H14F6N4O. The number of aromatic nitrogens is 2. The van der Waals surface area contributed by atoms with Crippen LogP contribution < -0.4 is 5.32 Å². The lowest BCUT2D eigenvalue weighted by Gasteiger charge is -2.33. The van der Waals surface area contributed by atoms with Crippen molar-refractivity contribution in [2.45, 2.75) is 25.1 Å². The maximum absolute atomic E-state index is 13.2. The van der Waals surface area contributed by atoms with E-state index in [0.717, 1.165) is 16.9 Å². The van der Waals surface area contributed by atoms with Crippen LogP contribution in [-0.4, -0.2) is 33.8 Å². The average molecular weight is 392 g/mol. The van der Waals surface area contributed by atoms with Gasteiger partial charge < -0.3 is 10.2 Å². The van der Waals surface area contributed by atoms with Crippen molar-refractivity contribution >= 4 is 11.7 Å². The highest BCUT2D eigenvalue weighted by Crippen LogP contribution is 2.33. The molecule has 1 aliphatic rings. The Morgan fingerprint density at radius 3 is 2.48 bits per heavy atom. The molecule has 3 rings (SSSR count). The fourth-order valence-corrected chi connectivity index (χ4v) is 3.00. The van der Waals surface area contributed by atoms with Crippen molar-refractivity contribution in [2.75, 3.05) is 18.4 Å². The third-order valence-corrected chi connectivity index (χ3v) is 4.23. The molecule has 2 heterocycles. The zero-order valence-corrected chi connectivity index (χ0v) is 13.7. The molecule has 1 atom stereocenters. The fraction of sp³-hybridized carbons (Fsp3) is 0.375. The first-order valence-electron chi connectivity index (χ1n) is 7.98. The second kappa shape index (κ2) is 7.12. The number of carbonyl (C=O) groups is 1. The summed E-state index contributed by atoms with van der Waals surface area (Å²) in [6, 6.07) is 0.631. The Bertz CT molecular complexity index is 827. The standard InChI is InChI=1S/C16H14F6N4O/c17-11-6-9(7-12(18)14(11)19)24-15(27)25-5-1-2-10(8-25)26-13(3-4-23-26)16(20,21)22/h3-4,6-7,10H,1-2,5,8H2,(H,24,27)/t10-/m1/s1. The van der Waals surface area contributed by atoms with Crippen molar-refractivity contribution in [2.24, 2.45) is 0 Å². The number of halogens is 6. The monoisotopic (exact) mass is 392 g/mol. The summed E-state index contributed by atoms with van der Waals surface area (Å²) in [4.78, 5) is 13.5. The molecule has 1 aromatic heterocycles. The van der Waals surface area contributed by atoms with Gasteiger partial charge in [-0.25, -0.2) is 18.0 Å². The van der Waals surface area contributed by atoms with Crippen LogP contribution in [0.1, 0.15) is 24.6 Å². The molecule has 1 fully saturated rings. The van der Waals surface area contributed by atoms with Gasteiger partial charge in [0.1, 0.15) is 5.69 Å². The normalized spacial score (nSPS) is 17.9. The Kier molecular flexibility index (Phi) is 5.03. The molecule has 27 heavy (non-hydrogen) atoms. The molecule has 1 aromatic carbocycles. The molecule has 0 spiro atoms. The minimum Gasteiger partial charge on any atom is -0.322 e. The van der Waals surface area contributed by atoms with Gasteiger partial charge in [-0.05, 0) is 18.9 Å². The van der Waals surface area contributed by atoms with Crippen LogP contribution in [0, 0.1) is 17.5 Å². The zero-order chi connectivity index (χ0) is 19.8. The number of hydrogen-bond acceptors (Lipinski definition) is 2. The van der Waals surface area contributed by atoms with E-state index in [-0.39, 0.29) is 18.8 Å².